The third-order valence-corrected chi connectivity index (χ3v) is 6.03. The Bertz CT molecular complexity index is 788. The second kappa shape index (κ2) is 8.86. The number of thiophene rings is 1. The molecule has 1 saturated heterocycles. The van der Waals surface area contributed by atoms with E-state index in [1.165, 1.54) is 0 Å². The van der Waals surface area contributed by atoms with Gasteiger partial charge in [-0.1, -0.05) is 0 Å². The number of ether oxygens (including phenoxy) is 2. The highest BCUT2D eigenvalue weighted by Crippen LogP contribution is 2.27. The second-order valence-corrected chi connectivity index (χ2v) is 7.60. The summed E-state index contributed by atoms with van der Waals surface area (Å²) in [5.41, 5.74) is 1.86. The van der Waals surface area contributed by atoms with Gasteiger partial charge in [0.2, 0.25) is 5.91 Å². The number of rotatable bonds is 7. The average molecular weight is 394 g/mol. The molecule has 0 aliphatic carbocycles. The molecule has 0 bridgehead atoms. The zero-order valence-electron chi connectivity index (χ0n) is 16.1. The topological polar surface area (TPSA) is 72.8 Å². The minimum Gasteiger partial charge on any atom is -0.354 e. The van der Waals surface area contributed by atoms with Gasteiger partial charge >= 0.3 is 0 Å². The monoisotopic (exact) mass is 393 g/mol. The summed E-state index contributed by atoms with van der Waals surface area (Å²) in [5.74, 6) is -0.0264. The van der Waals surface area contributed by atoms with Crippen LogP contribution in [0.25, 0.3) is 10.2 Å². The number of amides is 2. The molecule has 8 heteroatoms. The van der Waals surface area contributed by atoms with Crippen LogP contribution in [0.5, 0.6) is 0 Å². The number of hydrogen-bond donors (Lipinski definition) is 1. The van der Waals surface area contributed by atoms with Crippen LogP contribution in [0.15, 0.2) is 17.5 Å². The molecule has 1 fully saturated rings. The van der Waals surface area contributed by atoms with Crippen molar-refractivity contribution in [3.8, 4) is 0 Å². The van der Waals surface area contributed by atoms with E-state index in [9.17, 15) is 9.59 Å². The van der Waals surface area contributed by atoms with Crippen LogP contribution < -0.4 is 5.32 Å². The van der Waals surface area contributed by atoms with E-state index in [0.717, 1.165) is 22.5 Å². The van der Waals surface area contributed by atoms with Crippen LogP contribution in [0.3, 0.4) is 0 Å². The highest BCUT2D eigenvalue weighted by Gasteiger charge is 2.29. The molecular weight excluding hydrogens is 366 g/mol. The fourth-order valence-corrected chi connectivity index (χ4v) is 4.42. The lowest BCUT2D eigenvalue weighted by atomic mass is 9.95. The maximum atomic E-state index is 13.0. The van der Waals surface area contributed by atoms with E-state index in [-0.39, 0.29) is 17.7 Å². The van der Waals surface area contributed by atoms with Gasteiger partial charge in [-0.05, 0) is 37.3 Å². The molecule has 7 nitrogen and oxygen atoms in total. The minimum atomic E-state index is -0.439. The molecule has 27 heavy (non-hydrogen) atoms. The Kier molecular flexibility index (Phi) is 6.51. The predicted molar refractivity (Wildman–Crippen MR) is 105 cm³/mol. The number of carbonyl (C=O) groups excluding carboxylic acids is 2. The van der Waals surface area contributed by atoms with Crippen molar-refractivity contribution in [2.24, 2.45) is 5.92 Å². The van der Waals surface area contributed by atoms with E-state index in [4.69, 9.17) is 9.47 Å². The number of hydrogen-bond acceptors (Lipinski definition) is 5. The zero-order valence-corrected chi connectivity index (χ0v) is 16.9. The van der Waals surface area contributed by atoms with Crippen molar-refractivity contribution in [1.82, 2.24) is 14.8 Å². The molecule has 3 heterocycles. The van der Waals surface area contributed by atoms with Crippen molar-refractivity contribution in [1.29, 1.82) is 0 Å². The van der Waals surface area contributed by atoms with Crippen molar-refractivity contribution in [2.45, 2.75) is 32.6 Å². The van der Waals surface area contributed by atoms with Crippen LogP contribution in [0.4, 0.5) is 0 Å². The second-order valence-electron chi connectivity index (χ2n) is 6.66. The fourth-order valence-electron chi connectivity index (χ4n) is 3.59. The van der Waals surface area contributed by atoms with Crippen LogP contribution in [0.1, 0.15) is 30.3 Å². The minimum absolute atomic E-state index is 0.00125. The molecule has 148 valence electrons. The summed E-state index contributed by atoms with van der Waals surface area (Å²) in [5, 5.41) is 4.92. The summed E-state index contributed by atoms with van der Waals surface area (Å²) in [6.07, 6.45) is 0.901. The molecule has 2 aromatic rings. The Morgan fingerprint density at radius 1 is 1.30 bits per heavy atom. The standard InChI is InChI=1S/C19H27N3O4S/c1-4-22-14-7-10-27-16(14)11-15(22)19(24)21-8-5-13(6-9-21)18(23)20-12-17(25-2)26-3/h7,10-11,13,17H,4-6,8-9,12H2,1-3H3,(H,20,23). The Hall–Kier alpha value is -1.90. The summed E-state index contributed by atoms with van der Waals surface area (Å²) < 4.78 is 13.4. The van der Waals surface area contributed by atoms with Gasteiger partial charge in [-0.15, -0.1) is 11.3 Å². The summed E-state index contributed by atoms with van der Waals surface area (Å²) in [6, 6.07) is 4.05. The lowest BCUT2D eigenvalue weighted by Gasteiger charge is -2.31. The van der Waals surface area contributed by atoms with E-state index in [1.807, 2.05) is 16.3 Å². The van der Waals surface area contributed by atoms with Crippen LogP contribution in [-0.2, 0) is 20.8 Å². The number of carbonyl (C=O) groups is 2. The lowest BCUT2D eigenvalue weighted by Crippen LogP contribution is -2.45. The van der Waals surface area contributed by atoms with Gasteiger partial charge in [0.15, 0.2) is 6.29 Å². The SMILES string of the molecule is CCn1c(C(=O)N2CCC(C(=O)NCC(OC)OC)CC2)cc2sccc21. The maximum absolute atomic E-state index is 13.0. The van der Waals surface area contributed by atoms with Crippen LogP contribution in [-0.4, -0.2) is 61.4 Å². The molecule has 1 aliphatic heterocycles. The first kappa shape index (κ1) is 19.9. The van der Waals surface area contributed by atoms with Crippen molar-refractivity contribution in [3.63, 3.8) is 0 Å². The van der Waals surface area contributed by atoms with Crippen molar-refractivity contribution >= 4 is 33.4 Å². The van der Waals surface area contributed by atoms with E-state index in [2.05, 4.69) is 22.9 Å². The number of aromatic nitrogens is 1. The number of nitrogens with zero attached hydrogens (tertiary/aromatic N) is 2. The van der Waals surface area contributed by atoms with E-state index in [0.29, 0.717) is 32.5 Å². The Morgan fingerprint density at radius 3 is 2.63 bits per heavy atom. The van der Waals surface area contributed by atoms with Gasteiger partial charge in [0.05, 0.1) is 16.8 Å². The first-order chi connectivity index (χ1) is 13.1. The first-order valence-corrected chi connectivity index (χ1v) is 10.2. The molecule has 0 aromatic carbocycles. The van der Waals surface area contributed by atoms with Gasteiger partial charge in [-0.3, -0.25) is 9.59 Å². The largest absolute Gasteiger partial charge is 0.354 e. The molecular formula is C19H27N3O4S. The van der Waals surface area contributed by atoms with Gasteiger partial charge in [-0.2, -0.15) is 0 Å². The molecule has 0 atom stereocenters. The van der Waals surface area contributed by atoms with E-state index < -0.39 is 6.29 Å². The van der Waals surface area contributed by atoms with Gasteiger partial charge in [0.25, 0.3) is 5.91 Å². The highest BCUT2D eigenvalue weighted by molar-refractivity contribution is 7.17. The third-order valence-electron chi connectivity index (χ3n) is 5.18. The smallest absolute Gasteiger partial charge is 0.270 e. The molecule has 2 amide bonds. The molecule has 0 spiro atoms. The fraction of sp³-hybridized carbons (Fsp3) is 0.579. The normalized spacial score (nSPS) is 15.6. The molecule has 0 radical (unpaired) electrons. The molecule has 1 N–H and O–H groups in total. The Balaban J connectivity index is 1.57. The summed E-state index contributed by atoms with van der Waals surface area (Å²) in [4.78, 5) is 27.2. The molecule has 3 rings (SSSR count). The Morgan fingerprint density at radius 2 is 2.00 bits per heavy atom. The molecule has 1 aliphatic rings. The molecule has 0 unspecified atom stereocenters. The summed E-state index contributed by atoms with van der Waals surface area (Å²) in [6.45, 7) is 4.33. The first-order valence-electron chi connectivity index (χ1n) is 9.28. The van der Waals surface area contributed by atoms with Crippen LogP contribution in [0.2, 0.25) is 0 Å². The predicted octanol–water partition coefficient (Wildman–Crippen LogP) is 2.31. The van der Waals surface area contributed by atoms with Gasteiger partial charge in [0, 0.05) is 39.8 Å². The van der Waals surface area contributed by atoms with Crippen molar-refractivity contribution < 1.29 is 19.1 Å². The van der Waals surface area contributed by atoms with Crippen molar-refractivity contribution in [2.75, 3.05) is 33.9 Å². The Labute approximate surface area is 163 Å². The number of likely N-dealkylation sites (tertiary alicyclic amines) is 1. The summed E-state index contributed by atoms with van der Waals surface area (Å²) in [7, 11) is 3.08. The zero-order chi connectivity index (χ0) is 19.4. The van der Waals surface area contributed by atoms with Gasteiger partial charge in [0.1, 0.15) is 5.69 Å². The number of methoxy groups -OCH3 is 2. The van der Waals surface area contributed by atoms with Gasteiger partial charge < -0.3 is 24.3 Å². The molecule has 2 aromatic heterocycles. The van der Waals surface area contributed by atoms with Crippen LogP contribution >= 0.6 is 11.3 Å². The summed E-state index contributed by atoms with van der Waals surface area (Å²) >= 11 is 1.65. The van der Waals surface area contributed by atoms with Crippen molar-refractivity contribution in [3.05, 3.63) is 23.2 Å². The lowest BCUT2D eigenvalue weighted by molar-refractivity contribution is -0.132. The van der Waals surface area contributed by atoms with E-state index >= 15 is 0 Å². The third kappa shape index (κ3) is 4.17. The number of fused-ring (bicyclic) bond motifs is 1. The highest BCUT2D eigenvalue weighted by atomic mass is 32.1. The number of nitrogens with one attached hydrogen (secondary N) is 1. The molecule has 0 saturated carbocycles. The van der Waals surface area contributed by atoms with Crippen LogP contribution in [0, 0.1) is 5.92 Å². The van der Waals surface area contributed by atoms with Gasteiger partial charge in [-0.25, -0.2) is 0 Å². The maximum Gasteiger partial charge on any atom is 0.270 e. The van der Waals surface area contributed by atoms with E-state index in [1.54, 1.807) is 25.6 Å². The average Bonchev–Trinajstić information content (AvgIpc) is 3.29. The quantitative estimate of drug-likeness (QED) is 0.733. The number of piperidine rings is 1. The number of aryl methyl sites for hydroxylation is 1.